The van der Waals surface area contributed by atoms with Crippen LogP contribution in [0.2, 0.25) is 0 Å². The molecule has 0 bridgehead atoms. The number of fused-ring (bicyclic) bond motifs is 2. The molecule has 5 N–H and O–H groups in total. The maximum Gasteiger partial charge on any atom is 0.267 e. The number of carbonyl (C=O) groups excluding carboxylic acids is 1. The van der Waals surface area contributed by atoms with E-state index in [0.29, 0.717) is 28.7 Å². The largest absolute Gasteiger partial charge is 0.381 e. The molecule has 0 aliphatic heterocycles. The zero-order valence-corrected chi connectivity index (χ0v) is 24.3. The number of aromatic amines is 1. The van der Waals surface area contributed by atoms with E-state index in [9.17, 15) is 9.59 Å². The van der Waals surface area contributed by atoms with Gasteiger partial charge in [0.25, 0.3) is 11.5 Å². The van der Waals surface area contributed by atoms with Gasteiger partial charge in [-0.1, -0.05) is 73.9 Å². The molecule has 0 radical (unpaired) electrons. The van der Waals surface area contributed by atoms with E-state index in [-0.39, 0.29) is 16.9 Å². The first-order valence-electron chi connectivity index (χ1n) is 13.8. The molecule has 3 aromatic heterocycles. The molecule has 3 heterocycles. The lowest BCUT2D eigenvalue weighted by molar-refractivity contribution is 0.100. The molecule has 0 aliphatic rings. The van der Waals surface area contributed by atoms with E-state index in [0.717, 1.165) is 28.0 Å². The molecule has 10 heteroatoms. The number of para-hydroxylation sites is 2. The second kappa shape index (κ2) is 12.8. The summed E-state index contributed by atoms with van der Waals surface area (Å²) in [6, 6.07) is 23.3. The number of nitrogens with one attached hydrogen (secondary N) is 1. The third-order valence-corrected chi connectivity index (χ3v) is 6.81. The highest BCUT2D eigenvalue weighted by molar-refractivity contribution is 6.02. The van der Waals surface area contributed by atoms with Crippen molar-refractivity contribution >= 4 is 45.6 Å². The smallest absolute Gasteiger partial charge is 0.267 e. The molecule has 0 unspecified atom stereocenters. The topological polar surface area (TPSA) is 150 Å². The number of hydrogen-bond donors (Lipinski definition) is 3. The van der Waals surface area contributed by atoms with Crippen LogP contribution in [0.5, 0.6) is 0 Å². The standard InChI is InChI=1S/C26H19N3O.C8H11N5O/c1-2-24-28-23-14-8-9-18(15-16-19-17-27-22-13-7-6-12-21(19)22)25(23)26(30)29(24)20-10-4-3-5-11-20;1-3-4-11-8-5(7(10)14)6(9)12-13(8)2/h3-14,17,27H,2H2,1H3;3-4H,1H2,2H3,(H2,9,12)(H2,10,14)/b;11-4-. The molecular weight excluding hydrogens is 552 g/mol. The molecule has 44 heavy (non-hydrogen) atoms. The van der Waals surface area contributed by atoms with Crippen LogP contribution >= 0.6 is 0 Å². The number of nitrogens with zero attached hydrogens (tertiary/aromatic N) is 5. The van der Waals surface area contributed by atoms with Gasteiger partial charge in [-0.05, 0) is 30.3 Å². The van der Waals surface area contributed by atoms with Gasteiger partial charge >= 0.3 is 0 Å². The minimum Gasteiger partial charge on any atom is -0.381 e. The van der Waals surface area contributed by atoms with Crippen molar-refractivity contribution < 1.29 is 4.79 Å². The van der Waals surface area contributed by atoms with E-state index >= 15 is 0 Å². The number of nitrogens with two attached hydrogens (primary N) is 2. The molecule has 6 rings (SSSR count). The highest BCUT2D eigenvalue weighted by Crippen LogP contribution is 2.23. The van der Waals surface area contributed by atoms with Gasteiger partial charge in [0.05, 0.1) is 22.2 Å². The molecule has 0 aliphatic carbocycles. The summed E-state index contributed by atoms with van der Waals surface area (Å²) in [6.45, 7) is 5.47. The van der Waals surface area contributed by atoms with Crippen molar-refractivity contribution in [3.8, 4) is 17.5 Å². The van der Waals surface area contributed by atoms with Crippen LogP contribution in [0, 0.1) is 11.8 Å². The van der Waals surface area contributed by atoms with Crippen molar-refractivity contribution in [2.75, 3.05) is 5.73 Å². The minimum atomic E-state index is -0.646. The van der Waals surface area contributed by atoms with E-state index < -0.39 is 5.91 Å². The highest BCUT2D eigenvalue weighted by atomic mass is 16.1. The molecule has 0 saturated carbocycles. The normalized spacial score (nSPS) is 10.8. The summed E-state index contributed by atoms with van der Waals surface area (Å²) in [4.78, 5) is 36.5. The maximum atomic E-state index is 13.6. The van der Waals surface area contributed by atoms with E-state index in [4.69, 9.17) is 16.5 Å². The zero-order chi connectivity index (χ0) is 31.2. The van der Waals surface area contributed by atoms with Gasteiger partial charge < -0.3 is 16.5 Å². The van der Waals surface area contributed by atoms with Crippen molar-refractivity contribution in [3.63, 3.8) is 0 Å². The lowest BCUT2D eigenvalue weighted by atomic mass is 10.1. The molecule has 6 aromatic rings. The third kappa shape index (κ3) is 5.75. The first-order chi connectivity index (χ1) is 21.3. The van der Waals surface area contributed by atoms with Gasteiger partial charge in [-0.15, -0.1) is 0 Å². The van der Waals surface area contributed by atoms with Gasteiger partial charge in [0, 0.05) is 42.3 Å². The summed E-state index contributed by atoms with van der Waals surface area (Å²) in [7, 11) is 1.62. The van der Waals surface area contributed by atoms with E-state index in [1.165, 1.54) is 17.0 Å². The fourth-order valence-electron chi connectivity index (χ4n) is 4.81. The lowest BCUT2D eigenvalue weighted by Gasteiger charge is -2.13. The number of anilines is 1. The number of H-pyrrole nitrogens is 1. The Bertz CT molecular complexity index is 2160. The molecule has 0 spiro atoms. The molecule has 10 nitrogen and oxygen atoms in total. The average molecular weight is 583 g/mol. The van der Waals surface area contributed by atoms with Gasteiger partial charge in [-0.2, -0.15) is 5.10 Å². The van der Waals surface area contributed by atoms with Gasteiger partial charge in [0.15, 0.2) is 11.6 Å². The quantitative estimate of drug-likeness (QED) is 0.197. The number of aryl methyl sites for hydroxylation is 2. The Morgan fingerprint density at radius 2 is 1.77 bits per heavy atom. The number of aliphatic imine (C=N–C) groups is 1. The Hall–Kier alpha value is -6.21. The second-order valence-electron chi connectivity index (χ2n) is 9.64. The Morgan fingerprint density at radius 3 is 2.50 bits per heavy atom. The van der Waals surface area contributed by atoms with Crippen LogP contribution in [0.4, 0.5) is 11.6 Å². The van der Waals surface area contributed by atoms with Crippen LogP contribution < -0.4 is 17.0 Å². The second-order valence-corrected chi connectivity index (χ2v) is 9.64. The zero-order valence-electron chi connectivity index (χ0n) is 24.3. The van der Waals surface area contributed by atoms with Gasteiger partial charge in [0.1, 0.15) is 11.4 Å². The minimum absolute atomic E-state index is 0.0798. The highest BCUT2D eigenvalue weighted by Gasteiger charge is 2.17. The summed E-state index contributed by atoms with van der Waals surface area (Å²) >= 11 is 0. The first-order valence-corrected chi connectivity index (χ1v) is 13.8. The number of carbonyl (C=O) groups is 1. The van der Waals surface area contributed by atoms with Crippen LogP contribution in [-0.4, -0.2) is 36.4 Å². The molecule has 218 valence electrons. The predicted octanol–water partition coefficient (Wildman–Crippen LogP) is 4.82. The molecular formula is C34H30N8O2. The summed E-state index contributed by atoms with van der Waals surface area (Å²) in [6.07, 6.45) is 5.47. The third-order valence-electron chi connectivity index (χ3n) is 6.81. The van der Waals surface area contributed by atoms with Gasteiger partial charge in [-0.3, -0.25) is 14.2 Å². The van der Waals surface area contributed by atoms with E-state index in [1.54, 1.807) is 11.6 Å². The summed E-state index contributed by atoms with van der Waals surface area (Å²) in [5, 5.41) is 5.45. The Morgan fingerprint density at radius 1 is 1.05 bits per heavy atom. The summed E-state index contributed by atoms with van der Waals surface area (Å²) in [5.74, 6) is 6.95. The van der Waals surface area contributed by atoms with Crippen LogP contribution in [0.15, 0.2) is 101 Å². The molecule has 1 amide bonds. The lowest BCUT2D eigenvalue weighted by Crippen LogP contribution is -2.24. The van der Waals surface area contributed by atoms with Gasteiger partial charge in [0.2, 0.25) is 0 Å². The van der Waals surface area contributed by atoms with Crippen molar-refractivity contribution in [2.24, 2.45) is 17.8 Å². The number of benzene rings is 3. The molecule has 3 aromatic carbocycles. The van der Waals surface area contributed by atoms with E-state index in [2.05, 4.69) is 33.5 Å². The SMILES string of the molecule is C=C/C=N\c1c(C(N)=O)c(N)nn1C.CCc1nc2cccc(C#Cc3c[nH]c4ccccc34)c2c(=O)n1-c1ccccc1. The summed E-state index contributed by atoms with van der Waals surface area (Å²) < 4.78 is 3.08. The number of primary amides is 1. The fraction of sp³-hybridized carbons (Fsp3) is 0.0882. The number of aromatic nitrogens is 5. The van der Waals surface area contributed by atoms with Crippen molar-refractivity contribution in [3.05, 3.63) is 125 Å². The number of allylic oxidation sites excluding steroid dienone is 1. The molecule has 0 saturated heterocycles. The predicted molar refractivity (Wildman–Crippen MR) is 175 cm³/mol. The van der Waals surface area contributed by atoms with Crippen molar-refractivity contribution in [1.29, 1.82) is 0 Å². The fourth-order valence-corrected chi connectivity index (χ4v) is 4.81. The Kier molecular flexibility index (Phi) is 8.49. The summed E-state index contributed by atoms with van der Waals surface area (Å²) in [5.41, 5.74) is 14.8. The number of nitrogen functional groups attached to an aromatic ring is 1. The molecule has 0 fully saturated rings. The monoisotopic (exact) mass is 582 g/mol. The van der Waals surface area contributed by atoms with Crippen LogP contribution in [0.3, 0.4) is 0 Å². The molecule has 0 atom stereocenters. The van der Waals surface area contributed by atoms with Crippen LogP contribution in [-0.2, 0) is 13.5 Å². The number of rotatable bonds is 5. The average Bonchev–Trinajstić information content (AvgIpc) is 3.58. The maximum absolute atomic E-state index is 13.6. The number of amides is 1. The first kappa shape index (κ1) is 29.3. The van der Waals surface area contributed by atoms with Crippen molar-refractivity contribution in [2.45, 2.75) is 13.3 Å². The van der Waals surface area contributed by atoms with Crippen LogP contribution in [0.1, 0.15) is 34.2 Å². The van der Waals surface area contributed by atoms with Crippen LogP contribution in [0.25, 0.3) is 27.5 Å². The Labute approximate surface area is 253 Å². The Balaban J connectivity index is 0.000000232. The van der Waals surface area contributed by atoms with E-state index in [1.807, 2.05) is 85.9 Å². The number of hydrogen-bond acceptors (Lipinski definition) is 6. The van der Waals surface area contributed by atoms with Gasteiger partial charge in [-0.25, -0.2) is 14.7 Å². The van der Waals surface area contributed by atoms with Crippen molar-refractivity contribution in [1.82, 2.24) is 24.3 Å².